The summed E-state index contributed by atoms with van der Waals surface area (Å²) in [5, 5.41) is 0.873. The molecule has 0 radical (unpaired) electrons. The van der Waals surface area contributed by atoms with Gasteiger partial charge >= 0.3 is 0 Å². The van der Waals surface area contributed by atoms with Crippen LogP contribution in [0.2, 0.25) is 5.02 Å². The Morgan fingerprint density at radius 2 is 2.33 bits per heavy atom. The van der Waals surface area contributed by atoms with Crippen LogP contribution in [0.4, 0.5) is 0 Å². The smallest absolute Gasteiger partial charge is 0.0451 e. The fraction of sp³-hybridized carbons (Fsp3) is 0.500. The summed E-state index contributed by atoms with van der Waals surface area (Å²) in [6, 6.07) is 6.76. The highest BCUT2D eigenvalue weighted by molar-refractivity contribution is 9.10. The van der Waals surface area contributed by atoms with Gasteiger partial charge < -0.3 is 0 Å². The summed E-state index contributed by atoms with van der Waals surface area (Å²) in [5.74, 6) is 0. The Bertz CT molecular complexity index is 353. The molecular weight excluding hydrogens is 273 g/mol. The van der Waals surface area contributed by atoms with Crippen molar-refractivity contribution in [2.24, 2.45) is 0 Å². The number of halogens is 2. The second-order valence-corrected chi connectivity index (χ2v) is 5.52. The van der Waals surface area contributed by atoms with E-state index in [-0.39, 0.29) is 0 Å². The molecule has 0 aliphatic carbocycles. The summed E-state index contributed by atoms with van der Waals surface area (Å²) in [4.78, 5) is 2.49. The maximum absolute atomic E-state index is 6.17. The van der Waals surface area contributed by atoms with E-state index in [2.05, 4.69) is 33.8 Å². The standard InChI is InChI=1S/C12H15BrClN/c1-9-3-2-6-15(9)8-10-7-11(13)4-5-12(10)14/h4-5,7,9H,2-3,6,8H2,1H3. The van der Waals surface area contributed by atoms with E-state index < -0.39 is 0 Å². The summed E-state index contributed by atoms with van der Waals surface area (Å²) in [7, 11) is 0. The molecule has 1 aromatic rings. The number of likely N-dealkylation sites (tertiary alicyclic amines) is 1. The zero-order valence-corrected chi connectivity index (χ0v) is 11.2. The van der Waals surface area contributed by atoms with E-state index >= 15 is 0 Å². The van der Waals surface area contributed by atoms with Crippen molar-refractivity contribution < 1.29 is 0 Å². The highest BCUT2D eigenvalue weighted by Gasteiger charge is 2.20. The predicted octanol–water partition coefficient (Wildman–Crippen LogP) is 4.09. The molecule has 2 rings (SSSR count). The van der Waals surface area contributed by atoms with Crippen LogP contribution < -0.4 is 0 Å². The number of benzene rings is 1. The fourth-order valence-corrected chi connectivity index (χ4v) is 2.70. The molecule has 1 heterocycles. The van der Waals surface area contributed by atoms with Crippen molar-refractivity contribution in [2.45, 2.75) is 32.4 Å². The van der Waals surface area contributed by atoms with E-state index in [9.17, 15) is 0 Å². The Morgan fingerprint density at radius 1 is 1.53 bits per heavy atom. The SMILES string of the molecule is CC1CCCN1Cc1cc(Br)ccc1Cl. The molecule has 1 saturated heterocycles. The highest BCUT2D eigenvalue weighted by Crippen LogP contribution is 2.25. The monoisotopic (exact) mass is 287 g/mol. The van der Waals surface area contributed by atoms with Gasteiger partial charge in [0.25, 0.3) is 0 Å². The summed E-state index contributed by atoms with van der Waals surface area (Å²) in [5.41, 5.74) is 1.22. The maximum atomic E-state index is 6.17. The lowest BCUT2D eigenvalue weighted by Crippen LogP contribution is -2.26. The third kappa shape index (κ3) is 2.74. The van der Waals surface area contributed by atoms with Gasteiger partial charge in [-0.05, 0) is 50.1 Å². The van der Waals surface area contributed by atoms with Crippen LogP contribution >= 0.6 is 27.5 Å². The number of hydrogen-bond acceptors (Lipinski definition) is 1. The molecule has 1 unspecified atom stereocenters. The minimum absolute atomic E-state index is 0.694. The van der Waals surface area contributed by atoms with Crippen molar-refractivity contribution in [3.63, 3.8) is 0 Å². The van der Waals surface area contributed by atoms with Crippen LogP contribution in [0.15, 0.2) is 22.7 Å². The first-order valence-corrected chi connectivity index (χ1v) is 6.52. The van der Waals surface area contributed by atoms with Crippen molar-refractivity contribution in [3.8, 4) is 0 Å². The van der Waals surface area contributed by atoms with Crippen molar-refractivity contribution >= 4 is 27.5 Å². The highest BCUT2D eigenvalue weighted by atomic mass is 79.9. The molecular formula is C12H15BrClN. The molecule has 82 valence electrons. The van der Waals surface area contributed by atoms with E-state index in [4.69, 9.17) is 11.6 Å². The van der Waals surface area contributed by atoms with E-state index in [0.29, 0.717) is 6.04 Å². The van der Waals surface area contributed by atoms with E-state index in [1.54, 1.807) is 0 Å². The molecule has 1 aliphatic rings. The average molecular weight is 289 g/mol. The lowest BCUT2D eigenvalue weighted by Gasteiger charge is -2.21. The molecule has 1 atom stereocenters. The molecule has 1 aromatic carbocycles. The lowest BCUT2D eigenvalue weighted by molar-refractivity contribution is 0.260. The fourth-order valence-electron chi connectivity index (χ4n) is 2.11. The Kier molecular flexibility index (Phi) is 3.70. The topological polar surface area (TPSA) is 3.24 Å². The number of hydrogen-bond donors (Lipinski definition) is 0. The van der Waals surface area contributed by atoms with Crippen LogP contribution in [0.25, 0.3) is 0 Å². The minimum Gasteiger partial charge on any atom is -0.296 e. The second kappa shape index (κ2) is 4.86. The van der Waals surface area contributed by atoms with Crippen molar-refractivity contribution in [1.29, 1.82) is 0 Å². The molecule has 0 saturated carbocycles. The Hall–Kier alpha value is -0.0500. The largest absolute Gasteiger partial charge is 0.296 e. The van der Waals surface area contributed by atoms with Gasteiger partial charge in [-0.15, -0.1) is 0 Å². The first kappa shape index (κ1) is 11.4. The molecule has 0 aromatic heterocycles. The predicted molar refractivity (Wildman–Crippen MR) is 68.3 cm³/mol. The molecule has 0 amide bonds. The molecule has 1 nitrogen and oxygen atoms in total. The molecule has 1 aliphatic heterocycles. The Labute approximate surface area is 105 Å². The third-order valence-corrected chi connectivity index (χ3v) is 3.93. The van der Waals surface area contributed by atoms with Crippen LogP contribution in [-0.4, -0.2) is 17.5 Å². The van der Waals surface area contributed by atoms with Gasteiger partial charge in [-0.25, -0.2) is 0 Å². The van der Waals surface area contributed by atoms with Gasteiger partial charge in [-0.3, -0.25) is 4.90 Å². The normalized spacial score (nSPS) is 22.2. The average Bonchev–Trinajstić information content (AvgIpc) is 2.58. The van der Waals surface area contributed by atoms with Gasteiger partial charge in [-0.2, -0.15) is 0 Å². The van der Waals surface area contributed by atoms with E-state index in [1.807, 2.05) is 12.1 Å². The van der Waals surface area contributed by atoms with Gasteiger partial charge in [0.2, 0.25) is 0 Å². The Balaban J connectivity index is 2.12. The Morgan fingerprint density at radius 3 is 3.00 bits per heavy atom. The summed E-state index contributed by atoms with van der Waals surface area (Å²) in [6.45, 7) is 4.46. The van der Waals surface area contributed by atoms with E-state index in [0.717, 1.165) is 16.0 Å². The quantitative estimate of drug-likeness (QED) is 0.792. The molecule has 3 heteroatoms. The molecule has 1 fully saturated rings. The van der Waals surface area contributed by atoms with Gasteiger partial charge in [0.05, 0.1) is 0 Å². The zero-order chi connectivity index (χ0) is 10.8. The van der Waals surface area contributed by atoms with Gasteiger partial charge in [-0.1, -0.05) is 27.5 Å². The summed E-state index contributed by atoms with van der Waals surface area (Å²) in [6.07, 6.45) is 2.62. The van der Waals surface area contributed by atoms with Crippen LogP contribution in [0.1, 0.15) is 25.3 Å². The van der Waals surface area contributed by atoms with Gasteiger partial charge in [0.15, 0.2) is 0 Å². The molecule has 15 heavy (non-hydrogen) atoms. The van der Waals surface area contributed by atoms with Crippen LogP contribution in [0, 0.1) is 0 Å². The first-order valence-electron chi connectivity index (χ1n) is 5.35. The summed E-state index contributed by atoms with van der Waals surface area (Å²) >= 11 is 9.66. The summed E-state index contributed by atoms with van der Waals surface area (Å²) < 4.78 is 1.11. The van der Waals surface area contributed by atoms with Crippen molar-refractivity contribution in [3.05, 3.63) is 33.3 Å². The lowest BCUT2D eigenvalue weighted by atomic mass is 10.2. The zero-order valence-electron chi connectivity index (χ0n) is 8.84. The molecule has 0 spiro atoms. The maximum Gasteiger partial charge on any atom is 0.0451 e. The van der Waals surface area contributed by atoms with Crippen molar-refractivity contribution in [2.75, 3.05) is 6.54 Å². The second-order valence-electron chi connectivity index (χ2n) is 4.20. The van der Waals surface area contributed by atoms with E-state index in [1.165, 1.54) is 24.9 Å². The third-order valence-electron chi connectivity index (χ3n) is 3.07. The van der Waals surface area contributed by atoms with Crippen LogP contribution in [0.5, 0.6) is 0 Å². The molecule has 0 N–H and O–H groups in total. The van der Waals surface area contributed by atoms with Crippen molar-refractivity contribution in [1.82, 2.24) is 4.90 Å². The van der Waals surface area contributed by atoms with Crippen LogP contribution in [0.3, 0.4) is 0 Å². The number of rotatable bonds is 2. The number of nitrogens with zero attached hydrogens (tertiary/aromatic N) is 1. The van der Waals surface area contributed by atoms with Crippen LogP contribution in [-0.2, 0) is 6.54 Å². The van der Waals surface area contributed by atoms with Gasteiger partial charge in [0, 0.05) is 22.1 Å². The van der Waals surface area contributed by atoms with Gasteiger partial charge in [0.1, 0.15) is 0 Å². The molecule has 0 bridgehead atoms. The first-order chi connectivity index (χ1) is 7.16. The minimum atomic E-state index is 0.694.